The second kappa shape index (κ2) is 8.87. The molecule has 1 atom stereocenters. The molecule has 1 aromatic rings. The molecule has 1 heterocycles. The molecule has 5 nitrogen and oxygen atoms in total. The summed E-state index contributed by atoms with van der Waals surface area (Å²) in [6.45, 7) is 7.85. The van der Waals surface area contributed by atoms with E-state index in [9.17, 15) is 9.90 Å². The summed E-state index contributed by atoms with van der Waals surface area (Å²) in [4.78, 5) is 22.2. The van der Waals surface area contributed by atoms with E-state index in [-0.39, 0.29) is 35.9 Å². The highest BCUT2D eigenvalue weighted by molar-refractivity contribution is 6.34. The predicted molar refractivity (Wildman–Crippen MR) is 104 cm³/mol. The van der Waals surface area contributed by atoms with Gasteiger partial charge in [0.25, 0.3) is 0 Å². The number of hydrogen-bond donors (Lipinski definition) is 1. The molecule has 142 valence electrons. The largest absolute Gasteiger partial charge is 0.511 e. The molecule has 0 amide bonds. The summed E-state index contributed by atoms with van der Waals surface area (Å²) in [5.41, 5.74) is 2.94. The Bertz CT molecular complexity index is 773. The van der Waals surface area contributed by atoms with Gasteiger partial charge in [0.1, 0.15) is 17.5 Å². The summed E-state index contributed by atoms with van der Waals surface area (Å²) in [5.74, 6) is -0.414. The number of allylic oxidation sites excluding steroid dienone is 2. The third kappa shape index (κ3) is 4.21. The Hall–Kier alpha value is -1.59. The van der Waals surface area contributed by atoms with Gasteiger partial charge in [-0.15, -0.1) is 0 Å². The first-order valence-electron chi connectivity index (χ1n) is 8.78. The smallest absolute Gasteiger partial charge is 0.168 e. The van der Waals surface area contributed by atoms with Crippen LogP contribution in [0.5, 0.6) is 0 Å². The monoisotopic (exact) mass is 398 g/mol. The molecule has 0 bridgehead atoms. The number of aryl methyl sites for hydroxylation is 1. The molecule has 1 N–H and O–H groups in total. The van der Waals surface area contributed by atoms with E-state index in [0.29, 0.717) is 34.6 Å². The summed E-state index contributed by atoms with van der Waals surface area (Å²) in [6.07, 6.45) is 1.86. The Balaban J connectivity index is 2.43. The van der Waals surface area contributed by atoms with Crippen LogP contribution in [0, 0.1) is 13.8 Å². The molecule has 1 unspecified atom stereocenters. The molecular formula is C19H24Cl2N2O3. The maximum atomic E-state index is 12.8. The van der Waals surface area contributed by atoms with E-state index in [1.54, 1.807) is 6.92 Å². The van der Waals surface area contributed by atoms with Gasteiger partial charge in [0.2, 0.25) is 0 Å². The van der Waals surface area contributed by atoms with E-state index in [4.69, 9.17) is 28.0 Å². The lowest BCUT2D eigenvalue weighted by Gasteiger charge is -2.26. The van der Waals surface area contributed by atoms with E-state index < -0.39 is 0 Å². The van der Waals surface area contributed by atoms with Crippen LogP contribution in [0.25, 0.3) is 0 Å². The number of halogens is 2. The Kier molecular flexibility index (Phi) is 7.07. The van der Waals surface area contributed by atoms with E-state index in [1.807, 2.05) is 20.8 Å². The van der Waals surface area contributed by atoms with Gasteiger partial charge in [-0.05, 0) is 38.3 Å². The molecule has 1 aromatic heterocycles. The van der Waals surface area contributed by atoms with Gasteiger partial charge in [0.05, 0.1) is 22.0 Å². The van der Waals surface area contributed by atoms with Gasteiger partial charge in [0.15, 0.2) is 5.78 Å². The molecular weight excluding hydrogens is 375 g/mol. The molecule has 0 aromatic carbocycles. The number of nitrogens with zero attached hydrogens (tertiary/aromatic N) is 2. The minimum absolute atomic E-state index is 0.0188. The molecule has 2 rings (SSSR count). The molecule has 1 aliphatic carbocycles. The Morgan fingerprint density at radius 2 is 2.00 bits per heavy atom. The average Bonchev–Trinajstić information content (AvgIpc) is 2.57. The summed E-state index contributed by atoms with van der Waals surface area (Å²) in [5, 5.41) is 15.5. The number of ketones is 1. The molecule has 0 saturated heterocycles. The van der Waals surface area contributed by atoms with E-state index in [0.717, 1.165) is 17.5 Å². The number of oxime groups is 1. The lowest BCUT2D eigenvalue weighted by Crippen LogP contribution is -2.24. The van der Waals surface area contributed by atoms with Crippen molar-refractivity contribution in [3.8, 4) is 0 Å². The maximum absolute atomic E-state index is 12.8. The van der Waals surface area contributed by atoms with Crippen molar-refractivity contribution >= 4 is 34.7 Å². The number of pyridine rings is 1. The molecule has 7 heteroatoms. The van der Waals surface area contributed by atoms with Crippen LogP contribution in [0.3, 0.4) is 0 Å². The lowest BCUT2D eigenvalue weighted by atomic mass is 9.80. The fourth-order valence-electron chi connectivity index (χ4n) is 3.30. The lowest BCUT2D eigenvalue weighted by molar-refractivity contribution is -0.116. The minimum Gasteiger partial charge on any atom is -0.511 e. The van der Waals surface area contributed by atoms with Crippen LogP contribution < -0.4 is 0 Å². The quantitative estimate of drug-likeness (QED) is 0.392. The fourth-order valence-corrected chi connectivity index (χ4v) is 3.86. The number of Topliss-reactive ketones (excluding diaryl/α,β-unsaturated/α-hetero) is 1. The first-order chi connectivity index (χ1) is 12.3. The highest BCUT2D eigenvalue weighted by atomic mass is 35.5. The summed E-state index contributed by atoms with van der Waals surface area (Å²) >= 11 is 12.6. The van der Waals surface area contributed by atoms with Crippen LogP contribution in [0.4, 0.5) is 0 Å². The van der Waals surface area contributed by atoms with Gasteiger partial charge < -0.3 is 9.94 Å². The summed E-state index contributed by atoms with van der Waals surface area (Å²) in [6, 6.07) is 0. The maximum Gasteiger partial charge on any atom is 0.168 e. The van der Waals surface area contributed by atoms with E-state index in [2.05, 4.69) is 10.1 Å². The molecule has 0 aliphatic heterocycles. The van der Waals surface area contributed by atoms with Crippen molar-refractivity contribution in [2.45, 2.75) is 59.3 Å². The topological polar surface area (TPSA) is 71.8 Å². The van der Waals surface area contributed by atoms with Crippen molar-refractivity contribution in [1.82, 2.24) is 4.98 Å². The van der Waals surface area contributed by atoms with E-state index >= 15 is 0 Å². The second-order valence-electron chi connectivity index (χ2n) is 6.40. The first kappa shape index (κ1) is 20.7. The number of rotatable bonds is 6. The van der Waals surface area contributed by atoms with Gasteiger partial charge in [-0.3, -0.25) is 4.79 Å². The summed E-state index contributed by atoms with van der Waals surface area (Å²) in [7, 11) is 0. The fraction of sp³-hybridized carbons (Fsp3) is 0.526. The van der Waals surface area contributed by atoms with Crippen molar-refractivity contribution in [3.05, 3.63) is 38.3 Å². The SMILES string of the molecule is CCCC(=NOCC)C1=C(O)CC(c2c(Cl)nc(C)c(Cl)c2C)CC1=O. The normalized spacial score (nSPS) is 18.5. The number of aromatic nitrogens is 1. The van der Waals surface area contributed by atoms with Gasteiger partial charge in [0, 0.05) is 18.8 Å². The Morgan fingerprint density at radius 1 is 1.31 bits per heavy atom. The van der Waals surface area contributed by atoms with Crippen LogP contribution in [0.2, 0.25) is 10.2 Å². The van der Waals surface area contributed by atoms with Crippen molar-refractivity contribution in [1.29, 1.82) is 0 Å². The third-order valence-electron chi connectivity index (χ3n) is 4.47. The van der Waals surface area contributed by atoms with Gasteiger partial charge in [-0.1, -0.05) is 41.7 Å². The van der Waals surface area contributed by atoms with Crippen LogP contribution in [-0.2, 0) is 9.63 Å². The van der Waals surface area contributed by atoms with Crippen molar-refractivity contribution < 1.29 is 14.7 Å². The van der Waals surface area contributed by atoms with E-state index in [1.165, 1.54) is 0 Å². The van der Waals surface area contributed by atoms with Crippen LogP contribution in [0.1, 0.15) is 62.3 Å². The Labute approximate surface area is 164 Å². The van der Waals surface area contributed by atoms with Crippen molar-refractivity contribution in [2.75, 3.05) is 6.61 Å². The highest BCUT2D eigenvalue weighted by Gasteiger charge is 2.34. The predicted octanol–water partition coefficient (Wildman–Crippen LogP) is 5.46. The van der Waals surface area contributed by atoms with Crippen molar-refractivity contribution in [3.63, 3.8) is 0 Å². The number of carbonyl (C=O) groups is 1. The molecule has 1 aliphatic rings. The molecule has 0 saturated carbocycles. The van der Waals surface area contributed by atoms with Gasteiger partial charge >= 0.3 is 0 Å². The Morgan fingerprint density at radius 3 is 2.58 bits per heavy atom. The number of aliphatic hydroxyl groups excluding tert-OH is 1. The van der Waals surface area contributed by atoms with Crippen molar-refractivity contribution in [2.24, 2.45) is 5.16 Å². The number of carbonyl (C=O) groups excluding carboxylic acids is 1. The minimum atomic E-state index is -0.265. The number of hydrogen-bond acceptors (Lipinski definition) is 5. The zero-order valence-corrected chi connectivity index (χ0v) is 17.0. The number of aliphatic hydroxyl groups is 1. The zero-order chi connectivity index (χ0) is 19.4. The van der Waals surface area contributed by atoms with Gasteiger partial charge in [-0.2, -0.15) is 0 Å². The van der Waals surface area contributed by atoms with Gasteiger partial charge in [-0.25, -0.2) is 4.98 Å². The molecule has 26 heavy (non-hydrogen) atoms. The van der Waals surface area contributed by atoms with Crippen LogP contribution >= 0.6 is 23.2 Å². The highest BCUT2D eigenvalue weighted by Crippen LogP contribution is 2.40. The molecule has 0 fully saturated rings. The summed E-state index contributed by atoms with van der Waals surface area (Å²) < 4.78 is 0. The van der Waals surface area contributed by atoms with Crippen LogP contribution in [-0.4, -0.2) is 28.2 Å². The third-order valence-corrected chi connectivity index (χ3v) is 5.31. The van der Waals surface area contributed by atoms with Crippen LogP contribution in [0.15, 0.2) is 16.5 Å². The second-order valence-corrected chi connectivity index (χ2v) is 7.13. The molecule has 0 spiro atoms. The zero-order valence-electron chi connectivity index (χ0n) is 15.5. The average molecular weight is 399 g/mol. The first-order valence-corrected chi connectivity index (χ1v) is 9.53. The molecule has 0 radical (unpaired) electrons. The standard InChI is InChI=1S/C19H24Cl2N2O3/c1-5-7-13(23-26-6-2)17-14(24)8-12(9-15(17)25)16-10(3)18(20)11(4)22-19(16)21/h12,24H,5-9H2,1-4H3.